The first kappa shape index (κ1) is 21.1. The molecule has 0 saturated heterocycles. The molecule has 0 aromatic carbocycles. The standard InChI is InChI=1S/C11H30N2O6Si2/c1-14-20(15-2,16-3)11(7-9-13-10-8-12)21(17-4,18-5)19-6/h11,13H,7-10,12H2,1-6H3. The Morgan fingerprint density at radius 2 is 1.14 bits per heavy atom. The van der Waals surface area contributed by atoms with Gasteiger partial charge in [0.25, 0.3) is 0 Å². The van der Waals surface area contributed by atoms with Crippen LogP contribution >= 0.6 is 0 Å². The van der Waals surface area contributed by atoms with Crippen LogP contribution in [0.4, 0.5) is 0 Å². The highest BCUT2D eigenvalue weighted by Crippen LogP contribution is 2.37. The van der Waals surface area contributed by atoms with Crippen molar-refractivity contribution in [2.45, 2.75) is 11.6 Å². The Hall–Kier alpha value is 0.114. The molecule has 0 aliphatic carbocycles. The number of rotatable bonds is 13. The quantitative estimate of drug-likeness (QED) is 0.345. The van der Waals surface area contributed by atoms with Crippen LogP contribution in [-0.4, -0.2) is 79.9 Å². The molecular weight excluding hydrogens is 312 g/mol. The summed E-state index contributed by atoms with van der Waals surface area (Å²) < 4.78 is 33.6. The molecule has 0 amide bonds. The van der Waals surface area contributed by atoms with Crippen LogP contribution in [0, 0.1) is 0 Å². The Labute approximate surface area is 129 Å². The Morgan fingerprint density at radius 1 is 0.762 bits per heavy atom. The van der Waals surface area contributed by atoms with Gasteiger partial charge in [-0.25, -0.2) is 0 Å². The fraction of sp³-hybridized carbons (Fsp3) is 1.00. The van der Waals surface area contributed by atoms with Gasteiger partial charge in [0.1, 0.15) is 5.16 Å². The van der Waals surface area contributed by atoms with Crippen LogP contribution < -0.4 is 11.1 Å². The molecule has 0 atom stereocenters. The van der Waals surface area contributed by atoms with Crippen molar-refractivity contribution in [2.24, 2.45) is 5.73 Å². The van der Waals surface area contributed by atoms with Gasteiger partial charge in [-0.1, -0.05) is 0 Å². The lowest BCUT2D eigenvalue weighted by Gasteiger charge is -2.39. The first-order chi connectivity index (χ1) is 10.1. The van der Waals surface area contributed by atoms with E-state index >= 15 is 0 Å². The van der Waals surface area contributed by atoms with E-state index in [0.717, 1.165) is 6.54 Å². The van der Waals surface area contributed by atoms with Gasteiger partial charge in [0.15, 0.2) is 0 Å². The summed E-state index contributed by atoms with van der Waals surface area (Å²) >= 11 is 0. The SMILES string of the molecule is CO[Si](OC)(OC)C(CCNCCN)[Si](OC)(OC)OC. The average Bonchev–Trinajstić information content (AvgIpc) is 2.54. The fourth-order valence-corrected chi connectivity index (χ4v) is 9.95. The molecule has 0 aromatic rings. The second kappa shape index (κ2) is 10.8. The largest absolute Gasteiger partial charge is 0.508 e. The molecule has 10 heteroatoms. The maximum atomic E-state index is 5.60. The van der Waals surface area contributed by atoms with E-state index in [4.69, 9.17) is 32.3 Å². The van der Waals surface area contributed by atoms with Crippen molar-refractivity contribution in [3.63, 3.8) is 0 Å². The van der Waals surface area contributed by atoms with E-state index in [1.54, 1.807) is 42.7 Å². The highest BCUT2D eigenvalue weighted by atomic mass is 28.5. The van der Waals surface area contributed by atoms with Crippen molar-refractivity contribution < 1.29 is 26.6 Å². The predicted octanol–water partition coefficient (Wildman–Crippen LogP) is -0.410. The van der Waals surface area contributed by atoms with E-state index < -0.39 is 17.6 Å². The lowest BCUT2D eigenvalue weighted by molar-refractivity contribution is 0.0783. The third-order valence-electron chi connectivity index (χ3n) is 3.49. The zero-order valence-electron chi connectivity index (χ0n) is 13.9. The molecule has 0 rings (SSSR count). The average molecular weight is 343 g/mol. The molecule has 0 aliphatic heterocycles. The first-order valence-corrected chi connectivity index (χ1v) is 10.4. The van der Waals surface area contributed by atoms with Crippen molar-refractivity contribution in [1.82, 2.24) is 5.32 Å². The maximum Gasteiger partial charge on any atom is 0.508 e. The summed E-state index contributed by atoms with van der Waals surface area (Å²) in [6.45, 7) is 2.01. The molecule has 0 heterocycles. The summed E-state index contributed by atoms with van der Waals surface area (Å²) in [6.07, 6.45) is 0.670. The second-order valence-corrected chi connectivity index (χ2v) is 11.1. The summed E-state index contributed by atoms with van der Waals surface area (Å²) in [7, 11) is 3.43. The van der Waals surface area contributed by atoms with Gasteiger partial charge < -0.3 is 37.6 Å². The van der Waals surface area contributed by atoms with Crippen molar-refractivity contribution >= 4 is 17.6 Å². The van der Waals surface area contributed by atoms with Crippen molar-refractivity contribution in [3.05, 3.63) is 0 Å². The van der Waals surface area contributed by atoms with Gasteiger partial charge in [-0.2, -0.15) is 0 Å². The Kier molecular flexibility index (Phi) is 10.8. The Balaban J connectivity index is 5.32. The van der Waals surface area contributed by atoms with Gasteiger partial charge >= 0.3 is 17.6 Å². The van der Waals surface area contributed by atoms with Crippen LogP contribution in [0.2, 0.25) is 5.16 Å². The number of nitrogens with two attached hydrogens (primary N) is 1. The normalized spacial score (nSPS) is 13.1. The summed E-state index contributed by atoms with van der Waals surface area (Å²) in [5.41, 5.74) is 5.48. The molecule has 0 spiro atoms. The summed E-state index contributed by atoms with van der Waals surface area (Å²) in [6, 6.07) is 0. The topological polar surface area (TPSA) is 93.4 Å². The van der Waals surface area contributed by atoms with Crippen LogP contribution in [-0.2, 0) is 26.6 Å². The van der Waals surface area contributed by atoms with Gasteiger partial charge in [0.2, 0.25) is 0 Å². The van der Waals surface area contributed by atoms with E-state index in [1.165, 1.54) is 0 Å². The van der Waals surface area contributed by atoms with Crippen LogP contribution in [0.25, 0.3) is 0 Å². The summed E-state index contributed by atoms with van der Waals surface area (Å²) in [4.78, 5) is 0. The van der Waals surface area contributed by atoms with Gasteiger partial charge in [0.05, 0.1) is 0 Å². The second-order valence-electron chi connectivity index (χ2n) is 4.31. The highest BCUT2D eigenvalue weighted by molar-refractivity contribution is 6.82. The number of nitrogens with one attached hydrogen (secondary N) is 1. The lowest BCUT2D eigenvalue weighted by Crippen LogP contribution is -2.62. The van der Waals surface area contributed by atoms with Crippen LogP contribution in [0.3, 0.4) is 0 Å². The number of hydrogen-bond acceptors (Lipinski definition) is 8. The Morgan fingerprint density at radius 3 is 1.43 bits per heavy atom. The molecule has 0 saturated carbocycles. The highest BCUT2D eigenvalue weighted by Gasteiger charge is 2.63. The van der Waals surface area contributed by atoms with Gasteiger partial charge in [-0.15, -0.1) is 0 Å². The van der Waals surface area contributed by atoms with E-state index in [9.17, 15) is 0 Å². The third-order valence-corrected chi connectivity index (χ3v) is 11.3. The fourth-order valence-electron chi connectivity index (χ4n) is 2.40. The van der Waals surface area contributed by atoms with E-state index in [2.05, 4.69) is 5.32 Å². The predicted molar refractivity (Wildman–Crippen MR) is 83.9 cm³/mol. The zero-order valence-corrected chi connectivity index (χ0v) is 15.9. The van der Waals surface area contributed by atoms with Crippen LogP contribution in [0.1, 0.15) is 6.42 Å². The smallest absolute Gasteiger partial charge is 0.377 e. The minimum absolute atomic E-state index is 0.240. The van der Waals surface area contributed by atoms with Crippen molar-refractivity contribution in [2.75, 3.05) is 62.3 Å². The molecule has 128 valence electrons. The van der Waals surface area contributed by atoms with Gasteiger partial charge in [-0.3, -0.25) is 0 Å². The molecule has 0 bridgehead atoms. The minimum atomic E-state index is -2.99. The molecule has 0 fully saturated rings. The Bertz CT molecular complexity index is 231. The van der Waals surface area contributed by atoms with Gasteiger partial charge in [-0.05, 0) is 13.0 Å². The molecule has 0 aliphatic rings. The monoisotopic (exact) mass is 342 g/mol. The van der Waals surface area contributed by atoms with Crippen molar-refractivity contribution in [3.8, 4) is 0 Å². The molecule has 0 aromatic heterocycles. The molecule has 0 radical (unpaired) electrons. The molecular formula is C11H30N2O6Si2. The van der Waals surface area contributed by atoms with Crippen LogP contribution in [0.5, 0.6) is 0 Å². The first-order valence-electron chi connectivity index (χ1n) is 6.78. The maximum absolute atomic E-state index is 5.60. The van der Waals surface area contributed by atoms with E-state index in [0.29, 0.717) is 19.5 Å². The third kappa shape index (κ3) is 5.06. The molecule has 0 unspecified atom stereocenters. The van der Waals surface area contributed by atoms with E-state index in [1.807, 2.05) is 0 Å². The zero-order chi connectivity index (χ0) is 16.4. The molecule has 21 heavy (non-hydrogen) atoms. The van der Waals surface area contributed by atoms with Crippen molar-refractivity contribution in [1.29, 1.82) is 0 Å². The minimum Gasteiger partial charge on any atom is -0.377 e. The summed E-state index contributed by atoms with van der Waals surface area (Å²) in [5.74, 6) is 0. The van der Waals surface area contributed by atoms with Crippen LogP contribution in [0.15, 0.2) is 0 Å². The summed E-state index contributed by atoms with van der Waals surface area (Å²) in [5, 5.41) is 3.00. The van der Waals surface area contributed by atoms with Gasteiger partial charge in [0, 0.05) is 55.7 Å². The molecule has 3 N–H and O–H groups in total. The number of hydrogen-bond donors (Lipinski definition) is 2. The van der Waals surface area contributed by atoms with E-state index in [-0.39, 0.29) is 5.16 Å². The lowest BCUT2D eigenvalue weighted by atomic mass is 10.4. The molecule has 8 nitrogen and oxygen atoms in total.